The number of hydrogen-bond donors (Lipinski definition) is 2. The van der Waals surface area contributed by atoms with E-state index in [2.05, 4.69) is 48.3 Å². The van der Waals surface area contributed by atoms with E-state index in [1.807, 2.05) is 20.9 Å². The first-order chi connectivity index (χ1) is 8.86. The SMILES string of the molecule is CC(C)CNCc1ccc(N(C)C(C)(C)CO)cc1. The molecule has 0 aliphatic rings. The van der Waals surface area contributed by atoms with E-state index in [0.29, 0.717) is 5.92 Å². The van der Waals surface area contributed by atoms with Gasteiger partial charge in [0.2, 0.25) is 0 Å². The largest absolute Gasteiger partial charge is 0.394 e. The minimum absolute atomic E-state index is 0.140. The minimum atomic E-state index is -0.239. The van der Waals surface area contributed by atoms with Gasteiger partial charge in [0.05, 0.1) is 12.1 Å². The Kier molecular flexibility index (Phi) is 5.83. The average molecular weight is 264 g/mol. The van der Waals surface area contributed by atoms with Crippen molar-refractivity contribution >= 4 is 5.69 Å². The number of nitrogens with zero attached hydrogens (tertiary/aromatic N) is 1. The third-order valence-corrected chi connectivity index (χ3v) is 3.50. The Bertz CT molecular complexity index is 371. The summed E-state index contributed by atoms with van der Waals surface area (Å²) in [5.74, 6) is 0.677. The zero-order valence-electron chi connectivity index (χ0n) is 12.9. The van der Waals surface area contributed by atoms with Crippen LogP contribution in [0.15, 0.2) is 24.3 Å². The number of aliphatic hydroxyl groups is 1. The molecule has 3 heteroatoms. The maximum Gasteiger partial charge on any atom is 0.0658 e. The van der Waals surface area contributed by atoms with Crippen LogP contribution in [0.1, 0.15) is 33.3 Å². The van der Waals surface area contributed by atoms with Crippen LogP contribution >= 0.6 is 0 Å². The fraction of sp³-hybridized carbons (Fsp3) is 0.625. The van der Waals surface area contributed by atoms with Gasteiger partial charge in [0.25, 0.3) is 0 Å². The van der Waals surface area contributed by atoms with E-state index in [1.54, 1.807) is 0 Å². The van der Waals surface area contributed by atoms with E-state index < -0.39 is 0 Å². The Morgan fingerprint density at radius 1 is 1.21 bits per heavy atom. The maximum atomic E-state index is 9.40. The molecule has 19 heavy (non-hydrogen) atoms. The van der Waals surface area contributed by atoms with E-state index in [1.165, 1.54) is 5.56 Å². The molecule has 1 rings (SSSR count). The quantitative estimate of drug-likeness (QED) is 0.795. The van der Waals surface area contributed by atoms with Crippen molar-refractivity contribution in [2.75, 3.05) is 25.1 Å². The van der Waals surface area contributed by atoms with E-state index in [9.17, 15) is 5.11 Å². The third kappa shape index (κ3) is 4.84. The standard InChI is InChI=1S/C16H28N2O/c1-13(2)10-17-11-14-6-8-15(9-7-14)18(5)16(3,4)12-19/h6-9,13,17,19H,10-12H2,1-5H3. The average Bonchev–Trinajstić information content (AvgIpc) is 2.38. The molecule has 0 spiro atoms. The molecule has 0 atom stereocenters. The predicted molar refractivity (Wildman–Crippen MR) is 82.6 cm³/mol. The fourth-order valence-electron chi connectivity index (χ4n) is 1.80. The Morgan fingerprint density at radius 2 is 1.79 bits per heavy atom. The van der Waals surface area contributed by atoms with Gasteiger partial charge in [-0.3, -0.25) is 0 Å². The van der Waals surface area contributed by atoms with E-state index >= 15 is 0 Å². The van der Waals surface area contributed by atoms with Crippen molar-refractivity contribution in [3.63, 3.8) is 0 Å². The number of aliphatic hydroxyl groups excluding tert-OH is 1. The molecular weight excluding hydrogens is 236 g/mol. The molecule has 0 aromatic heterocycles. The summed E-state index contributed by atoms with van der Waals surface area (Å²) in [7, 11) is 2.02. The van der Waals surface area contributed by atoms with Gasteiger partial charge < -0.3 is 15.3 Å². The Balaban J connectivity index is 2.61. The lowest BCUT2D eigenvalue weighted by molar-refractivity contribution is 0.216. The summed E-state index contributed by atoms with van der Waals surface area (Å²) in [6.07, 6.45) is 0. The molecule has 0 unspecified atom stereocenters. The normalized spacial score (nSPS) is 11.9. The van der Waals surface area contributed by atoms with Crippen LogP contribution < -0.4 is 10.2 Å². The second kappa shape index (κ2) is 6.92. The molecule has 3 nitrogen and oxygen atoms in total. The highest BCUT2D eigenvalue weighted by atomic mass is 16.3. The molecule has 0 bridgehead atoms. The van der Waals surface area contributed by atoms with Crippen molar-refractivity contribution in [1.29, 1.82) is 0 Å². The van der Waals surface area contributed by atoms with Crippen molar-refractivity contribution in [3.05, 3.63) is 29.8 Å². The van der Waals surface area contributed by atoms with Crippen molar-refractivity contribution in [3.8, 4) is 0 Å². The minimum Gasteiger partial charge on any atom is -0.394 e. The molecule has 1 aromatic rings. The van der Waals surface area contributed by atoms with Gasteiger partial charge in [-0.1, -0.05) is 26.0 Å². The molecule has 0 radical (unpaired) electrons. The van der Waals surface area contributed by atoms with Gasteiger partial charge in [-0.05, 0) is 44.0 Å². The van der Waals surface area contributed by atoms with E-state index in [-0.39, 0.29) is 12.1 Å². The number of anilines is 1. The van der Waals surface area contributed by atoms with E-state index in [4.69, 9.17) is 0 Å². The first-order valence-corrected chi connectivity index (χ1v) is 7.01. The Hall–Kier alpha value is -1.06. The summed E-state index contributed by atoms with van der Waals surface area (Å²) in [5, 5.41) is 12.8. The molecule has 0 amide bonds. The Labute approximate surface area is 117 Å². The molecule has 2 N–H and O–H groups in total. The molecule has 0 saturated carbocycles. The highest BCUT2D eigenvalue weighted by Crippen LogP contribution is 2.22. The summed E-state index contributed by atoms with van der Waals surface area (Å²) in [6, 6.07) is 8.52. The summed E-state index contributed by atoms with van der Waals surface area (Å²) in [6.45, 7) is 10.6. The van der Waals surface area contributed by atoms with Crippen molar-refractivity contribution in [1.82, 2.24) is 5.32 Å². The van der Waals surface area contributed by atoms with Crippen LogP contribution in [-0.2, 0) is 6.54 Å². The maximum absolute atomic E-state index is 9.40. The lowest BCUT2D eigenvalue weighted by Gasteiger charge is -2.36. The summed E-state index contributed by atoms with van der Waals surface area (Å²) in [4.78, 5) is 2.11. The van der Waals surface area contributed by atoms with Crippen LogP contribution in [0.4, 0.5) is 5.69 Å². The molecule has 0 heterocycles. The highest BCUT2D eigenvalue weighted by Gasteiger charge is 2.22. The monoisotopic (exact) mass is 264 g/mol. The predicted octanol–water partition coefficient (Wildman–Crippen LogP) is 2.64. The second-order valence-electron chi connectivity index (χ2n) is 6.22. The van der Waals surface area contributed by atoms with Gasteiger partial charge in [-0.15, -0.1) is 0 Å². The van der Waals surface area contributed by atoms with Crippen LogP contribution in [-0.4, -0.2) is 30.8 Å². The molecule has 0 saturated heterocycles. The van der Waals surface area contributed by atoms with Gasteiger partial charge in [0, 0.05) is 19.3 Å². The summed E-state index contributed by atoms with van der Waals surface area (Å²) < 4.78 is 0. The van der Waals surface area contributed by atoms with E-state index in [0.717, 1.165) is 18.8 Å². The van der Waals surface area contributed by atoms with Crippen LogP contribution in [0.2, 0.25) is 0 Å². The number of nitrogens with one attached hydrogen (secondary N) is 1. The van der Waals surface area contributed by atoms with Crippen molar-refractivity contribution < 1.29 is 5.11 Å². The lowest BCUT2D eigenvalue weighted by atomic mass is 10.0. The van der Waals surface area contributed by atoms with Crippen LogP contribution in [0, 0.1) is 5.92 Å². The zero-order chi connectivity index (χ0) is 14.5. The summed E-state index contributed by atoms with van der Waals surface area (Å²) in [5.41, 5.74) is 2.18. The van der Waals surface area contributed by atoms with Gasteiger partial charge in [0.15, 0.2) is 0 Å². The number of likely N-dealkylation sites (N-methyl/N-ethyl adjacent to an activating group) is 1. The number of rotatable bonds is 7. The fourth-order valence-corrected chi connectivity index (χ4v) is 1.80. The molecule has 0 fully saturated rings. The lowest BCUT2D eigenvalue weighted by Crippen LogP contribution is -2.44. The van der Waals surface area contributed by atoms with Crippen LogP contribution in [0.3, 0.4) is 0 Å². The number of hydrogen-bond acceptors (Lipinski definition) is 3. The molecule has 0 aliphatic heterocycles. The van der Waals surface area contributed by atoms with Crippen LogP contribution in [0.5, 0.6) is 0 Å². The second-order valence-corrected chi connectivity index (χ2v) is 6.22. The molecule has 1 aromatic carbocycles. The van der Waals surface area contributed by atoms with Crippen LogP contribution in [0.25, 0.3) is 0 Å². The van der Waals surface area contributed by atoms with Gasteiger partial charge >= 0.3 is 0 Å². The number of benzene rings is 1. The first-order valence-electron chi connectivity index (χ1n) is 7.01. The van der Waals surface area contributed by atoms with Gasteiger partial charge in [-0.2, -0.15) is 0 Å². The van der Waals surface area contributed by atoms with Gasteiger partial charge in [0.1, 0.15) is 0 Å². The Morgan fingerprint density at radius 3 is 2.26 bits per heavy atom. The topological polar surface area (TPSA) is 35.5 Å². The molecule has 108 valence electrons. The summed E-state index contributed by atoms with van der Waals surface area (Å²) >= 11 is 0. The van der Waals surface area contributed by atoms with Crippen molar-refractivity contribution in [2.45, 2.75) is 39.8 Å². The molecular formula is C16H28N2O. The van der Waals surface area contributed by atoms with Crippen molar-refractivity contribution in [2.24, 2.45) is 5.92 Å². The first kappa shape index (κ1) is 16.0. The van der Waals surface area contributed by atoms with Gasteiger partial charge in [-0.25, -0.2) is 0 Å². The molecule has 0 aliphatic carbocycles. The highest BCUT2D eigenvalue weighted by molar-refractivity contribution is 5.49. The third-order valence-electron chi connectivity index (χ3n) is 3.50. The zero-order valence-corrected chi connectivity index (χ0v) is 12.9. The smallest absolute Gasteiger partial charge is 0.0658 e.